The molecule has 1 aromatic rings. The summed E-state index contributed by atoms with van der Waals surface area (Å²) in [6, 6.07) is 3.67. The highest BCUT2D eigenvalue weighted by Crippen LogP contribution is 2.27. The molecule has 5 heteroatoms. The van der Waals surface area contributed by atoms with Crippen LogP contribution in [-0.2, 0) is 16.6 Å². The van der Waals surface area contributed by atoms with Crippen molar-refractivity contribution in [2.24, 2.45) is 11.7 Å². The van der Waals surface area contributed by atoms with Gasteiger partial charge in [-0.1, -0.05) is 25.8 Å². The molecular formula is C16H26N2O2S. The molecule has 2 rings (SSSR count). The highest BCUT2D eigenvalue weighted by molar-refractivity contribution is 7.89. The maximum atomic E-state index is 12.7. The number of hydrogen-bond acceptors (Lipinski definition) is 3. The van der Waals surface area contributed by atoms with Gasteiger partial charge in [0.15, 0.2) is 0 Å². The van der Waals surface area contributed by atoms with E-state index in [1.165, 1.54) is 6.42 Å². The van der Waals surface area contributed by atoms with Gasteiger partial charge in [0.1, 0.15) is 0 Å². The van der Waals surface area contributed by atoms with Crippen molar-refractivity contribution < 1.29 is 8.42 Å². The van der Waals surface area contributed by atoms with Crippen LogP contribution in [0, 0.1) is 19.8 Å². The van der Waals surface area contributed by atoms with E-state index < -0.39 is 10.0 Å². The van der Waals surface area contributed by atoms with Crippen LogP contribution < -0.4 is 10.5 Å². The third-order valence-corrected chi connectivity index (χ3v) is 6.19. The van der Waals surface area contributed by atoms with Gasteiger partial charge in [-0.3, -0.25) is 0 Å². The van der Waals surface area contributed by atoms with Crippen LogP contribution in [0.3, 0.4) is 0 Å². The zero-order chi connectivity index (χ0) is 15.6. The summed E-state index contributed by atoms with van der Waals surface area (Å²) in [7, 11) is -3.48. The van der Waals surface area contributed by atoms with Crippen LogP contribution in [0.2, 0.25) is 0 Å². The summed E-state index contributed by atoms with van der Waals surface area (Å²) in [6.07, 6.45) is 4.31. The number of rotatable bonds is 4. The molecule has 1 saturated carbocycles. The summed E-state index contributed by atoms with van der Waals surface area (Å²) < 4.78 is 28.3. The molecule has 1 aromatic carbocycles. The maximum absolute atomic E-state index is 12.7. The van der Waals surface area contributed by atoms with Crippen LogP contribution in [0.1, 0.15) is 49.3 Å². The van der Waals surface area contributed by atoms with E-state index in [1.54, 1.807) is 6.07 Å². The zero-order valence-electron chi connectivity index (χ0n) is 13.1. The lowest BCUT2D eigenvalue weighted by molar-refractivity contribution is 0.310. The molecule has 3 N–H and O–H groups in total. The fraction of sp³-hybridized carbons (Fsp3) is 0.625. The van der Waals surface area contributed by atoms with E-state index in [1.807, 2.05) is 19.9 Å². The van der Waals surface area contributed by atoms with Gasteiger partial charge in [0.05, 0.1) is 4.90 Å². The number of aryl methyl sites for hydroxylation is 2. The fourth-order valence-corrected chi connectivity index (χ4v) is 4.79. The van der Waals surface area contributed by atoms with Crippen LogP contribution in [-0.4, -0.2) is 14.5 Å². The Morgan fingerprint density at radius 2 is 1.86 bits per heavy atom. The number of benzene rings is 1. The maximum Gasteiger partial charge on any atom is 0.241 e. The van der Waals surface area contributed by atoms with Crippen LogP contribution in [0.25, 0.3) is 0 Å². The van der Waals surface area contributed by atoms with Crippen molar-refractivity contribution in [1.29, 1.82) is 0 Å². The SMILES string of the molecule is Cc1cc(C)c(S(=O)(=O)NC2CCCCC2C)cc1CN. The molecule has 1 aliphatic rings. The first-order chi connectivity index (χ1) is 9.85. The second kappa shape index (κ2) is 6.46. The fourth-order valence-electron chi connectivity index (χ4n) is 3.14. The molecular weight excluding hydrogens is 284 g/mol. The van der Waals surface area contributed by atoms with E-state index >= 15 is 0 Å². The number of hydrogen-bond donors (Lipinski definition) is 2. The molecule has 4 nitrogen and oxygen atoms in total. The number of sulfonamides is 1. The lowest BCUT2D eigenvalue weighted by atomic mass is 9.87. The van der Waals surface area contributed by atoms with Gasteiger partial charge in [-0.15, -0.1) is 0 Å². The molecule has 0 aromatic heterocycles. The summed E-state index contributed by atoms with van der Waals surface area (Å²) in [5, 5.41) is 0. The Kier molecular flexibility index (Phi) is 5.07. The van der Waals surface area contributed by atoms with Crippen LogP contribution >= 0.6 is 0 Å². The van der Waals surface area contributed by atoms with Crippen molar-refractivity contribution in [3.8, 4) is 0 Å². The first-order valence-electron chi connectivity index (χ1n) is 7.67. The van der Waals surface area contributed by atoms with Crippen molar-refractivity contribution in [2.75, 3.05) is 0 Å². The van der Waals surface area contributed by atoms with E-state index in [0.717, 1.165) is 36.0 Å². The molecule has 0 saturated heterocycles. The highest BCUT2D eigenvalue weighted by Gasteiger charge is 2.27. The molecule has 0 heterocycles. The Morgan fingerprint density at radius 1 is 1.19 bits per heavy atom. The second-order valence-electron chi connectivity index (χ2n) is 6.24. The normalized spacial score (nSPS) is 23.2. The topological polar surface area (TPSA) is 72.2 Å². The Bertz CT molecular complexity index is 611. The Morgan fingerprint density at radius 3 is 2.48 bits per heavy atom. The molecule has 0 spiro atoms. The molecule has 0 aliphatic heterocycles. The van der Waals surface area contributed by atoms with Crippen molar-refractivity contribution in [3.05, 3.63) is 28.8 Å². The van der Waals surface area contributed by atoms with Crippen LogP contribution in [0.15, 0.2) is 17.0 Å². The quantitative estimate of drug-likeness (QED) is 0.898. The summed E-state index contributed by atoms with van der Waals surface area (Å²) in [5.41, 5.74) is 8.41. The van der Waals surface area contributed by atoms with Gasteiger partial charge in [0, 0.05) is 12.6 Å². The lowest BCUT2D eigenvalue weighted by Crippen LogP contribution is -2.41. The zero-order valence-corrected chi connectivity index (χ0v) is 14.0. The Labute approximate surface area is 128 Å². The third-order valence-electron chi connectivity index (χ3n) is 4.56. The first-order valence-corrected chi connectivity index (χ1v) is 9.16. The van der Waals surface area contributed by atoms with Crippen molar-refractivity contribution in [2.45, 2.75) is 63.9 Å². The van der Waals surface area contributed by atoms with Gasteiger partial charge < -0.3 is 5.73 Å². The smallest absolute Gasteiger partial charge is 0.241 e. The number of nitrogens with two attached hydrogens (primary N) is 1. The van der Waals surface area contributed by atoms with Gasteiger partial charge in [-0.05, 0) is 55.4 Å². The summed E-state index contributed by atoms with van der Waals surface area (Å²) in [5.74, 6) is 0.397. The van der Waals surface area contributed by atoms with E-state index in [9.17, 15) is 8.42 Å². The van der Waals surface area contributed by atoms with E-state index in [-0.39, 0.29) is 6.04 Å². The van der Waals surface area contributed by atoms with Gasteiger partial charge >= 0.3 is 0 Å². The monoisotopic (exact) mass is 310 g/mol. The van der Waals surface area contributed by atoms with Crippen LogP contribution in [0.4, 0.5) is 0 Å². The minimum absolute atomic E-state index is 0.0470. The van der Waals surface area contributed by atoms with Crippen molar-refractivity contribution in [3.63, 3.8) is 0 Å². The molecule has 0 amide bonds. The van der Waals surface area contributed by atoms with E-state index in [0.29, 0.717) is 17.4 Å². The lowest BCUT2D eigenvalue weighted by Gasteiger charge is -2.29. The largest absolute Gasteiger partial charge is 0.326 e. The highest BCUT2D eigenvalue weighted by atomic mass is 32.2. The summed E-state index contributed by atoms with van der Waals surface area (Å²) in [4.78, 5) is 0.367. The van der Waals surface area contributed by atoms with E-state index in [4.69, 9.17) is 5.73 Å². The van der Waals surface area contributed by atoms with Crippen molar-refractivity contribution in [1.82, 2.24) is 4.72 Å². The molecule has 21 heavy (non-hydrogen) atoms. The predicted molar refractivity (Wildman–Crippen MR) is 85.5 cm³/mol. The molecule has 1 aliphatic carbocycles. The minimum Gasteiger partial charge on any atom is -0.326 e. The van der Waals surface area contributed by atoms with Gasteiger partial charge in [0.25, 0.3) is 0 Å². The number of nitrogens with one attached hydrogen (secondary N) is 1. The first kappa shape index (κ1) is 16.5. The Hall–Kier alpha value is -0.910. The molecule has 0 radical (unpaired) electrons. The van der Waals surface area contributed by atoms with Crippen LogP contribution in [0.5, 0.6) is 0 Å². The molecule has 0 bridgehead atoms. The molecule has 1 fully saturated rings. The summed E-state index contributed by atoms with van der Waals surface area (Å²) >= 11 is 0. The summed E-state index contributed by atoms with van der Waals surface area (Å²) in [6.45, 7) is 6.28. The standard InChI is InChI=1S/C16H26N2O2S/c1-11-6-4-5-7-15(11)18-21(19,20)16-9-14(10-17)12(2)8-13(16)3/h8-9,11,15,18H,4-7,10,17H2,1-3H3. The molecule has 2 atom stereocenters. The third kappa shape index (κ3) is 3.65. The predicted octanol–water partition coefficient (Wildman–Crippen LogP) is 2.62. The van der Waals surface area contributed by atoms with E-state index in [2.05, 4.69) is 11.6 Å². The average Bonchev–Trinajstić information content (AvgIpc) is 2.41. The van der Waals surface area contributed by atoms with Crippen molar-refractivity contribution >= 4 is 10.0 Å². The van der Waals surface area contributed by atoms with Gasteiger partial charge in [-0.2, -0.15) is 0 Å². The van der Waals surface area contributed by atoms with Gasteiger partial charge in [-0.25, -0.2) is 13.1 Å². The van der Waals surface area contributed by atoms with Gasteiger partial charge in [0.2, 0.25) is 10.0 Å². The second-order valence-corrected chi connectivity index (χ2v) is 7.92. The molecule has 118 valence electrons. The average molecular weight is 310 g/mol. The molecule has 2 unspecified atom stereocenters. The minimum atomic E-state index is -3.48. The Balaban J connectivity index is 2.31.